The largest absolute Gasteiger partial charge is 0.370 e. The zero-order valence-corrected chi connectivity index (χ0v) is 14.3. The van der Waals surface area contributed by atoms with Crippen molar-refractivity contribution in [1.29, 1.82) is 0 Å². The summed E-state index contributed by atoms with van der Waals surface area (Å²) in [6, 6.07) is 5.76. The molecule has 4 nitrogen and oxygen atoms in total. The lowest BCUT2D eigenvalue weighted by Crippen LogP contribution is -2.16. The Hall–Kier alpha value is -1.47. The molecular formula is C14H12Br2FN3O. The van der Waals surface area contributed by atoms with Gasteiger partial charge in [-0.1, -0.05) is 0 Å². The van der Waals surface area contributed by atoms with E-state index in [9.17, 15) is 9.18 Å². The average molecular weight is 417 g/mol. The number of pyridine rings is 1. The SMILES string of the molecule is CCNc1ncc(Br)cc1C(=O)Nc1cc(F)ccc1Br. The number of benzene rings is 1. The van der Waals surface area contributed by atoms with E-state index in [-0.39, 0.29) is 5.91 Å². The van der Waals surface area contributed by atoms with E-state index in [4.69, 9.17) is 0 Å². The summed E-state index contributed by atoms with van der Waals surface area (Å²) >= 11 is 6.56. The molecule has 0 atom stereocenters. The van der Waals surface area contributed by atoms with Crippen LogP contribution in [0.2, 0.25) is 0 Å². The zero-order valence-electron chi connectivity index (χ0n) is 11.1. The molecule has 21 heavy (non-hydrogen) atoms. The van der Waals surface area contributed by atoms with E-state index in [0.717, 1.165) is 0 Å². The number of anilines is 2. The highest BCUT2D eigenvalue weighted by atomic mass is 79.9. The molecule has 2 aromatic rings. The Morgan fingerprint density at radius 1 is 1.33 bits per heavy atom. The average Bonchev–Trinajstić information content (AvgIpc) is 2.45. The number of rotatable bonds is 4. The molecule has 2 N–H and O–H groups in total. The second-order valence-electron chi connectivity index (χ2n) is 4.16. The van der Waals surface area contributed by atoms with Crippen LogP contribution in [0.15, 0.2) is 39.4 Å². The van der Waals surface area contributed by atoms with Gasteiger partial charge in [0.05, 0.1) is 11.3 Å². The molecule has 2 rings (SSSR count). The number of aromatic nitrogens is 1. The Morgan fingerprint density at radius 2 is 2.10 bits per heavy atom. The molecule has 0 unspecified atom stereocenters. The van der Waals surface area contributed by atoms with Crippen molar-refractivity contribution in [2.24, 2.45) is 0 Å². The van der Waals surface area contributed by atoms with Crippen molar-refractivity contribution in [2.75, 3.05) is 17.2 Å². The molecule has 1 aromatic heterocycles. The highest BCUT2D eigenvalue weighted by Gasteiger charge is 2.15. The fourth-order valence-corrected chi connectivity index (χ4v) is 2.38. The van der Waals surface area contributed by atoms with E-state index in [2.05, 4.69) is 47.5 Å². The smallest absolute Gasteiger partial charge is 0.259 e. The number of hydrogen-bond donors (Lipinski definition) is 2. The maximum Gasteiger partial charge on any atom is 0.259 e. The third-order valence-electron chi connectivity index (χ3n) is 2.62. The van der Waals surface area contributed by atoms with Gasteiger partial charge in [0.15, 0.2) is 0 Å². The van der Waals surface area contributed by atoms with Gasteiger partial charge in [-0.25, -0.2) is 9.37 Å². The molecule has 1 heterocycles. The topological polar surface area (TPSA) is 54.0 Å². The second kappa shape index (κ2) is 7.00. The minimum Gasteiger partial charge on any atom is -0.370 e. The van der Waals surface area contributed by atoms with E-state index >= 15 is 0 Å². The predicted octanol–water partition coefficient (Wildman–Crippen LogP) is 4.43. The molecule has 0 aliphatic carbocycles. The number of hydrogen-bond acceptors (Lipinski definition) is 3. The zero-order chi connectivity index (χ0) is 15.4. The molecule has 0 spiro atoms. The number of carbonyl (C=O) groups is 1. The van der Waals surface area contributed by atoms with Gasteiger partial charge in [-0.3, -0.25) is 4.79 Å². The number of halogens is 3. The molecule has 0 bridgehead atoms. The summed E-state index contributed by atoms with van der Waals surface area (Å²) in [5, 5.41) is 5.68. The number of nitrogens with zero attached hydrogens (tertiary/aromatic N) is 1. The van der Waals surface area contributed by atoms with Gasteiger partial charge in [-0.05, 0) is 63.0 Å². The standard InChI is InChI=1S/C14H12Br2FN3O/c1-2-18-13-10(5-8(15)7-19-13)14(21)20-12-6-9(17)3-4-11(12)16/h3-7H,2H2,1H3,(H,18,19)(H,20,21). The maximum atomic E-state index is 13.3. The van der Waals surface area contributed by atoms with Crippen molar-refractivity contribution >= 4 is 49.3 Å². The summed E-state index contributed by atoms with van der Waals surface area (Å²) in [7, 11) is 0. The van der Waals surface area contributed by atoms with Gasteiger partial charge in [0, 0.05) is 21.7 Å². The summed E-state index contributed by atoms with van der Waals surface area (Å²) in [5.74, 6) is -0.315. The lowest BCUT2D eigenvalue weighted by molar-refractivity contribution is 0.102. The van der Waals surface area contributed by atoms with Crippen LogP contribution in [0.4, 0.5) is 15.9 Å². The molecule has 1 amide bonds. The van der Waals surface area contributed by atoms with Crippen LogP contribution in [0, 0.1) is 5.82 Å². The first kappa shape index (κ1) is 15.9. The fourth-order valence-electron chi connectivity index (χ4n) is 1.70. The number of carbonyl (C=O) groups excluding carboxylic acids is 1. The minimum atomic E-state index is -0.423. The minimum absolute atomic E-state index is 0.363. The summed E-state index contributed by atoms with van der Waals surface area (Å²) in [6.45, 7) is 2.55. The van der Waals surface area contributed by atoms with E-state index in [1.54, 1.807) is 12.3 Å². The summed E-state index contributed by atoms with van der Waals surface area (Å²) in [4.78, 5) is 16.5. The third-order valence-corrected chi connectivity index (χ3v) is 3.74. The molecule has 0 fully saturated rings. The molecule has 7 heteroatoms. The number of nitrogens with one attached hydrogen (secondary N) is 2. The van der Waals surface area contributed by atoms with Crippen LogP contribution in [0.5, 0.6) is 0 Å². The summed E-state index contributed by atoms with van der Waals surface area (Å²) in [6.07, 6.45) is 1.60. The van der Waals surface area contributed by atoms with Crippen molar-refractivity contribution in [3.05, 3.63) is 50.8 Å². The second-order valence-corrected chi connectivity index (χ2v) is 5.93. The Labute approximate surface area is 138 Å². The first-order valence-corrected chi connectivity index (χ1v) is 7.75. The first-order chi connectivity index (χ1) is 10.0. The van der Waals surface area contributed by atoms with Gasteiger partial charge in [-0.15, -0.1) is 0 Å². The van der Waals surface area contributed by atoms with Gasteiger partial charge in [0.2, 0.25) is 0 Å². The quantitative estimate of drug-likeness (QED) is 0.775. The van der Waals surface area contributed by atoms with Crippen LogP contribution in [-0.2, 0) is 0 Å². The van der Waals surface area contributed by atoms with Gasteiger partial charge >= 0.3 is 0 Å². The maximum absolute atomic E-state index is 13.3. The molecule has 0 saturated heterocycles. The Kier molecular flexibility index (Phi) is 5.30. The molecule has 1 aromatic carbocycles. The molecular weight excluding hydrogens is 405 g/mol. The van der Waals surface area contributed by atoms with Gasteiger partial charge < -0.3 is 10.6 Å². The van der Waals surface area contributed by atoms with Crippen LogP contribution in [0.3, 0.4) is 0 Å². The van der Waals surface area contributed by atoms with Crippen molar-refractivity contribution in [3.8, 4) is 0 Å². The predicted molar refractivity (Wildman–Crippen MR) is 88.2 cm³/mol. The Morgan fingerprint density at radius 3 is 2.81 bits per heavy atom. The lowest BCUT2D eigenvalue weighted by Gasteiger charge is -2.11. The monoisotopic (exact) mass is 415 g/mol. The number of amides is 1. The van der Waals surface area contributed by atoms with Crippen LogP contribution < -0.4 is 10.6 Å². The highest BCUT2D eigenvalue weighted by Crippen LogP contribution is 2.25. The van der Waals surface area contributed by atoms with Crippen molar-refractivity contribution in [1.82, 2.24) is 4.98 Å². The third kappa shape index (κ3) is 4.01. The van der Waals surface area contributed by atoms with Gasteiger partial charge in [0.25, 0.3) is 5.91 Å². The Balaban J connectivity index is 2.31. The normalized spacial score (nSPS) is 10.3. The fraction of sp³-hybridized carbons (Fsp3) is 0.143. The van der Waals surface area contributed by atoms with E-state index < -0.39 is 5.82 Å². The van der Waals surface area contributed by atoms with Gasteiger partial charge in [0.1, 0.15) is 11.6 Å². The Bertz CT molecular complexity index is 679. The van der Waals surface area contributed by atoms with Crippen LogP contribution >= 0.6 is 31.9 Å². The summed E-state index contributed by atoms with van der Waals surface area (Å²) < 4.78 is 14.5. The van der Waals surface area contributed by atoms with Crippen LogP contribution in [0.25, 0.3) is 0 Å². The molecule has 0 radical (unpaired) electrons. The van der Waals surface area contributed by atoms with Crippen molar-refractivity contribution in [3.63, 3.8) is 0 Å². The van der Waals surface area contributed by atoms with E-state index in [1.807, 2.05) is 6.92 Å². The summed E-state index contributed by atoms with van der Waals surface area (Å²) in [5.41, 5.74) is 0.741. The lowest BCUT2D eigenvalue weighted by atomic mass is 10.2. The van der Waals surface area contributed by atoms with Crippen LogP contribution in [0.1, 0.15) is 17.3 Å². The molecule has 0 saturated carbocycles. The van der Waals surface area contributed by atoms with Gasteiger partial charge in [-0.2, -0.15) is 0 Å². The van der Waals surface area contributed by atoms with Crippen LogP contribution in [-0.4, -0.2) is 17.4 Å². The first-order valence-electron chi connectivity index (χ1n) is 6.17. The van der Waals surface area contributed by atoms with E-state index in [0.29, 0.717) is 32.6 Å². The highest BCUT2D eigenvalue weighted by molar-refractivity contribution is 9.10. The molecule has 0 aliphatic heterocycles. The molecule has 110 valence electrons. The van der Waals surface area contributed by atoms with E-state index in [1.165, 1.54) is 18.2 Å². The molecule has 0 aliphatic rings. The van der Waals surface area contributed by atoms with Crippen molar-refractivity contribution in [2.45, 2.75) is 6.92 Å². The van der Waals surface area contributed by atoms with Crippen molar-refractivity contribution < 1.29 is 9.18 Å².